The highest BCUT2D eigenvalue weighted by atomic mass is 32.2. The van der Waals surface area contributed by atoms with Gasteiger partial charge in [0.25, 0.3) is 0 Å². The number of esters is 1. The van der Waals surface area contributed by atoms with Gasteiger partial charge in [0.2, 0.25) is 15.8 Å². The fourth-order valence-corrected chi connectivity index (χ4v) is 6.54. The molecule has 0 bridgehead atoms. The number of rotatable bonds is 6. The summed E-state index contributed by atoms with van der Waals surface area (Å²) in [5.41, 5.74) is 2.11. The molecule has 1 aromatic heterocycles. The molecule has 180 valence electrons. The van der Waals surface area contributed by atoms with Gasteiger partial charge in [-0.3, -0.25) is 4.79 Å². The topological polar surface area (TPSA) is 96.5 Å². The van der Waals surface area contributed by atoms with Crippen LogP contribution in [0.5, 0.6) is 0 Å². The van der Waals surface area contributed by atoms with Crippen LogP contribution >= 0.6 is 0 Å². The lowest BCUT2D eigenvalue weighted by atomic mass is 9.94. The van der Waals surface area contributed by atoms with Crippen LogP contribution in [0.3, 0.4) is 0 Å². The molecule has 0 aliphatic carbocycles. The van der Waals surface area contributed by atoms with Gasteiger partial charge in [0.1, 0.15) is 0 Å². The maximum Gasteiger partial charge on any atom is 0.338 e. The van der Waals surface area contributed by atoms with Crippen molar-refractivity contribution >= 4 is 32.7 Å². The first-order chi connectivity index (χ1) is 16.1. The number of nitrogens with zero attached hydrogens (tertiary/aromatic N) is 1. The Morgan fingerprint density at radius 1 is 1.06 bits per heavy atom. The zero-order valence-electron chi connectivity index (χ0n) is 19.9. The Kier molecular flexibility index (Phi) is 6.64. The number of hydrogen-bond donors (Lipinski definition) is 1. The number of aromatic amines is 1. The van der Waals surface area contributed by atoms with Crippen molar-refractivity contribution < 1.29 is 22.7 Å². The molecule has 1 aliphatic rings. The quantitative estimate of drug-likeness (QED) is 0.410. The van der Waals surface area contributed by atoms with Gasteiger partial charge in [-0.25, -0.2) is 13.2 Å². The van der Waals surface area contributed by atoms with Gasteiger partial charge in [-0.2, -0.15) is 4.31 Å². The highest BCUT2D eigenvalue weighted by Crippen LogP contribution is 2.28. The number of aryl methyl sites for hydroxylation is 1. The van der Waals surface area contributed by atoms with Gasteiger partial charge in [-0.15, -0.1) is 0 Å². The van der Waals surface area contributed by atoms with E-state index < -0.39 is 22.1 Å². The Balaban J connectivity index is 1.53. The number of aromatic nitrogens is 1. The molecule has 0 radical (unpaired) electrons. The average molecular weight is 483 g/mol. The molecule has 1 N–H and O–H groups in total. The molecular formula is C26H30N2O5S. The van der Waals surface area contributed by atoms with Gasteiger partial charge < -0.3 is 9.72 Å². The summed E-state index contributed by atoms with van der Waals surface area (Å²) in [6.07, 6.45) is -0.0466. The lowest BCUT2D eigenvalue weighted by Crippen LogP contribution is -2.42. The van der Waals surface area contributed by atoms with Crippen LogP contribution in [0.4, 0.5) is 0 Å². The second-order valence-electron chi connectivity index (χ2n) is 9.38. The number of fused-ring (bicyclic) bond motifs is 1. The van der Waals surface area contributed by atoms with Gasteiger partial charge in [0.05, 0.1) is 10.5 Å². The minimum atomic E-state index is -3.74. The van der Waals surface area contributed by atoms with Crippen molar-refractivity contribution in [3.8, 4) is 0 Å². The van der Waals surface area contributed by atoms with Gasteiger partial charge in [0.15, 0.2) is 6.10 Å². The summed E-state index contributed by atoms with van der Waals surface area (Å²) in [7, 11) is -3.74. The summed E-state index contributed by atoms with van der Waals surface area (Å²) in [5, 5.41) is 0.769. The van der Waals surface area contributed by atoms with Crippen molar-refractivity contribution in [1.82, 2.24) is 9.29 Å². The average Bonchev–Trinajstić information content (AvgIpc) is 3.13. The third-order valence-corrected chi connectivity index (χ3v) is 8.16. The van der Waals surface area contributed by atoms with Gasteiger partial charge in [0, 0.05) is 35.2 Å². The maximum absolute atomic E-state index is 13.2. The normalized spacial score (nSPS) is 20.2. The molecule has 3 unspecified atom stereocenters. The van der Waals surface area contributed by atoms with Crippen molar-refractivity contribution in [2.45, 2.75) is 45.1 Å². The van der Waals surface area contributed by atoms with E-state index in [-0.39, 0.29) is 28.1 Å². The van der Waals surface area contributed by atoms with Crippen LogP contribution in [0.15, 0.2) is 53.4 Å². The third-order valence-electron chi connectivity index (χ3n) is 6.34. The molecule has 1 fully saturated rings. The Bertz CT molecular complexity index is 1330. The van der Waals surface area contributed by atoms with Gasteiger partial charge >= 0.3 is 5.97 Å². The molecule has 3 atom stereocenters. The van der Waals surface area contributed by atoms with Crippen molar-refractivity contribution in [2.75, 3.05) is 13.1 Å². The van der Waals surface area contributed by atoms with E-state index in [9.17, 15) is 18.0 Å². The number of Topliss-reactive ketones (excluding diaryl/α,β-unsaturated/α-hetero) is 1. The first-order valence-electron chi connectivity index (χ1n) is 11.5. The lowest BCUT2D eigenvalue weighted by molar-refractivity contribution is 0.0319. The summed E-state index contributed by atoms with van der Waals surface area (Å²) in [6.45, 7) is 8.32. The van der Waals surface area contributed by atoms with Crippen LogP contribution in [0.2, 0.25) is 0 Å². The second-order valence-corrected chi connectivity index (χ2v) is 11.3. The monoisotopic (exact) mass is 482 g/mol. The van der Waals surface area contributed by atoms with Crippen LogP contribution in [-0.2, 0) is 14.8 Å². The molecule has 3 aromatic rings. The molecule has 0 amide bonds. The Morgan fingerprint density at radius 3 is 2.44 bits per heavy atom. The minimum Gasteiger partial charge on any atom is -0.451 e. The Morgan fingerprint density at radius 2 is 1.74 bits per heavy atom. The molecule has 7 nitrogen and oxygen atoms in total. The molecule has 34 heavy (non-hydrogen) atoms. The molecular weight excluding hydrogens is 452 g/mol. The van der Waals surface area contributed by atoms with Crippen molar-refractivity contribution in [3.05, 3.63) is 65.4 Å². The summed E-state index contributed by atoms with van der Waals surface area (Å²) < 4.78 is 33.4. The summed E-state index contributed by atoms with van der Waals surface area (Å²) in [5.74, 6) is -0.517. The van der Waals surface area contributed by atoms with Gasteiger partial charge in [-0.1, -0.05) is 38.1 Å². The van der Waals surface area contributed by atoms with Crippen LogP contribution in [0.1, 0.15) is 53.6 Å². The predicted molar refractivity (Wildman–Crippen MR) is 130 cm³/mol. The number of benzene rings is 2. The molecule has 2 heterocycles. The number of H-pyrrole nitrogens is 1. The highest BCUT2D eigenvalue weighted by molar-refractivity contribution is 7.89. The fraction of sp³-hybridized carbons (Fsp3) is 0.385. The maximum atomic E-state index is 13.2. The van der Waals surface area contributed by atoms with Crippen LogP contribution in [0.25, 0.3) is 10.9 Å². The number of hydrogen-bond acceptors (Lipinski definition) is 5. The van der Waals surface area contributed by atoms with E-state index in [0.717, 1.165) is 17.3 Å². The number of sulfonamides is 1. The van der Waals surface area contributed by atoms with E-state index >= 15 is 0 Å². The van der Waals surface area contributed by atoms with Crippen LogP contribution < -0.4 is 0 Å². The smallest absolute Gasteiger partial charge is 0.338 e. The van der Waals surface area contributed by atoms with Crippen LogP contribution in [0, 0.1) is 18.8 Å². The standard InChI is InChI=1S/C26H30N2O5S/c1-16-12-17(2)15-28(14-16)34(31,32)21-9-7-8-20(13-21)26(30)33-19(4)25(29)24-18(3)27-23-11-6-5-10-22(23)24/h5-11,13,16-17,19,27H,12,14-15H2,1-4H3. The number of para-hydroxylation sites is 1. The van der Waals surface area contributed by atoms with E-state index in [0.29, 0.717) is 24.3 Å². The fourth-order valence-electron chi connectivity index (χ4n) is 4.81. The van der Waals surface area contributed by atoms with Crippen molar-refractivity contribution in [2.24, 2.45) is 11.8 Å². The molecule has 4 rings (SSSR count). The Labute approximate surface area is 200 Å². The van der Waals surface area contributed by atoms with E-state index in [1.807, 2.05) is 38.1 Å². The summed E-state index contributed by atoms with van der Waals surface area (Å²) in [4.78, 5) is 29.2. The number of ketones is 1. The lowest BCUT2D eigenvalue weighted by Gasteiger charge is -2.34. The van der Waals surface area contributed by atoms with E-state index in [4.69, 9.17) is 4.74 Å². The highest BCUT2D eigenvalue weighted by Gasteiger charge is 2.32. The zero-order chi connectivity index (χ0) is 24.6. The summed E-state index contributed by atoms with van der Waals surface area (Å²) >= 11 is 0. The summed E-state index contributed by atoms with van der Waals surface area (Å²) in [6, 6.07) is 13.3. The van der Waals surface area contributed by atoms with E-state index in [1.54, 1.807) is 6.92 Å². The number of ether oxygens (including phenoxy) is 1. The number of carbonyl (C=O) groups excluding carboxylic acids is 2. The largest absolute Gasteiger partial charge is 0.451 e. The van der Waals surface area contributed by atoms with Crippen molar-refractivity contribution in [1.29, 1.82) is 0 Å². The number of nitrogens with one attached hydrogen (secondary N) is 1. The molecule has 0 spiro atoms. The molecule has 2 aromatic carbocycles. The molecule has 1 saturated heterocycles. The van der Waals surface area contributed by atoms with Gasteiger partial charge in [-0.05, 0) is 56.4 Å². The first-order valence-corrected chi connectivity index (χ1v) is 12.9. The number of carbonyl (C=O) groups is 2. The minimum absolute atomic E-state index is 0.0507. The van der Waals surface area contributed by atoms with Crippen molar-refractivity contribution in [3.63, 3.8) is 0 Å². The third kappa shape index (κ3) is 4.65. The first kappa shape index (κ1) is 24.2. The Hall–Kier alpha value is -2.97. The predicted octanol–water partition coefficient (Wildman–Crippen LogP) is 4.57. The molecule has 1 aliphatic heterocycles. The second kappa shape index (κ2) is 9.35. The van der Waals surface area contributed by atoms with E-state index in [2.05, 4.69) is 4.98 Å². The van der Waals surface area contributed by atoms with E-state index in [1.165, 1.54) is 35.5 Å². The van der Waals surface area contributed by atoms with Crippen LogP contribution in [-0.4, -0.2) is 48.7 Å². The molecule has 8 heteroatoms. The zero-order valence-corrected chi connectivity index (χ0v) is 20.7. The molecule has 0 saturated carbocycles. The number of piperidine rings is 1. The SMILES string of the molecule is Cc1[nH]c2ccccc2c1C(=O)C(C)OC(=O)c1cccc(S(=O)(=O)N2CC(C)CC(C)C2)c1.